The lowest BCUT2D eigenvalue weighted by molar-refractivity contribution is -0.182. The average Bonchev–Trinajstić information content (AvgIpc) is 2.35. The highest BCUT2D eigenvalue weighted by Gasteiger charge is 2.41. The van der Waals surface area contributed by atoms with Gasteiger partial charge in [-0.1, -0.05) is 22.0 Å². The zero-order valence-electron chi connectivity index (χ0n) is 10.7. The van der Waals surface area contributed by atoms with Gasteiger partial charge in [0.2, 0.25) is 0 Å². The molecule has 0 spiro atoms. The summed E-state index contributed by atoms with van der Waals surface area (Å²) in [5, 5.41) is 3.36. The SMILES string of the molecule is Cc1c(Br)cccc1NC1CCC(C(F)(F)F)CC1. The van der Waals surface area contributed by atoms with Gasteiger partial charge in [-0.15, -0.1) is 0 Å². The van der Waals surface area contributed by atoms with Gasteiger partial charge >= 0.3 is 6.18 Å². The average molecular weight is 336 g/mol. The van der Waals surface area contributed by atoms with E-state index in [0.29, 0.717) is 12.8 Å². The van der Waals surface area contributed by atoms with Crippen molar-refractivity contribution in [1.82, 2.24) is 0 Å². The van der Waals surface area contributed by atoms with Gasteiger partial charge < -0.3 is 5.32 Å². The second-order valence-electron chi connectivity index (χ2n) is 5.15. The first-order valence-corrected chi connectivity index (χ1v) is 7.25. The first-order chi connectivity index (χ1) is 8.88. The molecule has 0 heterocycles. The lowest BCUT2D eigenvalue weighted by Crippen LogP contribution is -2.32. The van der Waals surface area contributed by atoms with Gasteiger partial charge in [0.25, 0.3) is 0 Å². The summed E-state index contributed by atoms with van der Waals surface area (Å²) in [5.41, 5.74) is 2.10. The molecule has 2 rings (SSSR count). The van der Waals surface area contributed by atoms with E-state index in [-0.39, 0.29) is 18.9 Å². The first-order valence-electron chi connectivity index (χ1n) is 6.46. The summed E-state index contributed by atoms with van der Waals surface area (Å²) in [6.45, 7) is 1.99. The van der Waals surface area contributed by atoms with E-state index in [1.807, 2.05) is 25.1 Å². The Balaban J connectivity index is 1.94. The van der Waals surface area contributed by atoms with Crippen LogP contribution in [-0.2, 0) is 0 Å². The van der Waals surface area contributed by atoms with Gasteiger partial charge in [0.05, 0.1) is 5.92 Å². The van der Waals surface area contributed by atoms with Gasteiger partial charge in [-0.05, 0) is 50.3 Å². The molecule has 0 radical (unpaired) electrons. The topological polar surface area (TPSA) is 12.0 Å². The van der Waals surface area contributed by atoms with Gasteiger partial charge in [-0.2, -0.15) is 13.2 Å². The second-order valence-corrected chi connectivity index (χ2v) is 6.00. The quantitative estimate of drug-likeness (QED) is 0.774. The summed E-state index contributed by atoms with van der Waals surface area (Å²) >= 11 is 3.46. The van der Waals surface area contributed by atoms with E-state index in [0.717, 1.165) is 15.7 Å². The van der Waals surface area contributed by atoms with E-state index in [4.69, 9.17) is 0 Å². The van der Waals surface area contributed by atoms with Crippen LogP contribution in [0.1, 0.15) is 31.2 Å². The number of rotatable bonds is 2. The van der Waals surface area contributed by atoms with Crippen LogP contribution in [-0.4, -0.2) is 12.2 Å². The van der Waals surface area contributed by atoms with E-state index < -0.39 is 12.1 Å². The Hall–Kier alpha value is -0.710. The molecule has 1 aliphatic rings. The third-order valence-electron chi connectivity index (χ3n) is 3.82. The summed E-state index contributed by atoms with van der Waals surface area (Å²) < 4.78 is 38.8. The minimum absolute atomic E-state index is 0.145. The van der Waals surface area contributed by atoms with E-state index in [1.165, 1.54) is 0 Å². The highest BCUT2D eigenvalue weighted by atomic mass is 79.9. The summed E-state index contributed by atoms with van der Waals surface area (Å²) in [7, 11) is 0. The predicted molar refractivity (Wildman–Crippen MR) is 74.3 cm³/mol. The normalized spacial score (nSPS) is 24.3. The fraction of sp³-hybridized carbons (Fsp3) is 0.571. The molecule has 1 aromatic carbocycles. The van der Waals surface area contributed by atoms with Crippen LogP contribution in [0.4, 0.5) is 18.9 Å². The van der Waals surface area contributed by atoms with Crippen LogP contribution in [0.5, 0.6) is 0 Å². The Morgan fingerprint density at radius 3 is 2.37 bits per heavy atom. The molecule has 0 unspecified atom stereocenters. The fourth-order valence-corrected chi connectivity index (χ4v) is 2.92. The molecule has 0 aliphatic heterocycles. The maximum atomic E-state index is 12.6. The molecular weight excluding hydrogens is 319 g/mol. The van der Waals surface area contributed by atoms with E-state index in [1.54, 1.807) is 0 Å². The molecule has 1 aliphatic carbocycles. The van der Waals surface area contributed by atoms with E-state index >= 15 is 0 Å². The third kappa shape index (κ3) is 3.65. The zero-order chi connectivity index (χ0) is 14.0. The van der Waals surface area contributed by atoms with Gasteiger partial charge in [-0.3, -0.25) is 0 Å². The first kappa shape index (κ1) is 14.7. The van der Waals surface area contributed by atoms with Crippen molar-refractivity contribution in [2.75, 3.05) is 5.32 Å². The predicted octanol–water partition coefficient (Wildman–Crippen LogP) is 5.29. The van der Waals surface area contributed by atoms with Crippen molar-refractivity contribution in [1.29, 1.82) is 0 Å². The number of anilines is 1. The number of alkyl halides is 3. The smallest absolute Gasteiger partial charge is 0.382 e. The van der Waals surface area contributed by atoms with Crippen molar-refractivity contribution >= 4 is 21.6 Å². The Morgan fingerprint density at radius 2 is 1.79 bits per heavy atom. The standard InChI is InChI=1S/C14H17BrF3N/c1-9-12(15)3-2-4-13(9)19-11-7-5-10(6-8-11)14(16,17)18/h2-4,10-11,19H,5-8H2,1H3. The number of hydrogen-bond donors (Lipinski definition) is 1. The molecule has 1 fully saturated rings. The summed E-state index contributed by atoms with van der Waals surface area (Å²) in [6, 6.07) is 6.00. The van der Waals surface area contributed by atoms with Crippen LogP contribution in [0.3, 0.4) is 0 Å². The van der Waals surface area contributed by atoms with Crippen LogP contribution in [0.25, 0.3) is 0 Å². The number of hydrogen-bond acceptors (Lipinski definition) is 1. The summed E-state index contributed by atoms with van der Waals surface area (Å²) in [4.78, 5) is 0. The maximum Gasteiger partial charge on any atom is 0.391 e. The highest BCUT2D eigenvalue weighted by Crippen LogP contribution is 2.38. The van der Waals surface area contributed by atoms with Gasteiger partial charge in [0, 0.05) is 16.2 Å². The zero-order valence-corrected chi connectivity index (χ0v) is 12.3. The molecule has 1 nitrogen and oxygen atoms in total. The second kappa shape index (κ2) is 5.73. The van der Waals surface area contributed by atoms with Gasteiger partial charge in [0.15, 0.2) is 0 Å². The molecule has 19 heavy (non-hydrogen) atoms. The molecule has 0 amide bonds. The highest BCUT2D eigenvalue weighted by molar-refractivity contribution is 9.10. The molecule has 0 aromatic heterocycles. The Bertz CT molecular complexity index is 437. The monoisotopic (exact) mass is 335 g/mol. The largest absolute Gasteiger partial charge is 0.391 e. The molecule has 0 atom stereocenters. The van der Waals surface area contributed by atoms with E-state index in [9.17, 15) is 13.2 Å². The van der Waals surface area contributed by atoms with Crippen LogP contribution < -0.4 is 5.32 Å². The van der Waals surface area contributed by atoms with Gasteiger partial charge in [-0.25, -0.2) is 0 Å². The molecule has 1 saturated carbocycles. The maximum absolute atomic E-state index is 12.6. The molecule has 1 aromatic rings. The molecular formula is C14H17BrF3N. The Morgan fingerprint density at radius 1 is 1.16 bits per heavy atom. The minimum atomic E-state index is -4.03. The Kier molecular flexibility index (Phi) is 4.43. The number of halogens is 4. The van der Waals surface area contributed by atoms with Crippen molar-refractivity contribution in [3.05, 3.63) is 28.2 Å². The van der Waals surface area contributed by atoms with Crippen molar-refractivity contribution in [2.24, 2.45) is 5.92 Å². The van der Waals surface area contributed by atoms with Crippen LogP contribution in [0, 0.1) is 12.8 Å². The molecule has 0 bridgehead atoms. The molecule has 1 N–H and O–H groups in total. The van der Waals surface area contributed by atoms with Crippen LogP contribution >= 0.6 is 15.9 Å². The fourth-order valence-electron chi connectivity index (χ4n) is 2.55. The molecule has 5 heteroatoms. The lowest BCUT2D eigenvalue weighted by atomic mass is 9.85. The lowest BCUT2D eigenvalue weighted by Gasteiger charge is -2.31. The Labute approximate surface area is 119 Å². The third-order valence-corrected chi connectivity index (χ3v) is 4.68. The number of benzene rings is 1. The van der Waals surface area contributed by atoms with Crippen molar-refractivity contribution in [2.45, 2.75) is 44.8 Å². The van der Waals surface area contributed by atoms with Gasteiger partial charge in [0.1, 0.15) is 0 Å². The molecule has 106 valence electrons. The van der Waals surface area contributed by atoms with Crippen molar-refractivity contribution < 1.29 is 13.2 Å². The van der Waals surface area contributed by atoms with Crippen LogP contribution in [0.15, 0.2) is 22.7 Å². The van der Waals surface area contributed by atoms with Crippen molar-refractivity contribution in [3.8, 4) is 0 Å². The van der Waals surface area contributed by atoms with E-state index in [2.05, 4.69) is 21.2 Å². The van der Waals surface area contributed by atoms with Crippen molar-refractivity contribution in [3.63, 3.8) is 0 Å². The van der Waals surface area contributed by atoms with Crippen LogP contribution in [0.2, 0.25) is 0 Å². The summed E-state index contributed by atoms with van der Waals surface area (Å²) in [5.74, 6) is -1.12. The molecule has 0 saturated heterocycles. The minimum Gasteiger partial charge on any atom is -0.382 e. The number of nitrogens with one attached hydrogen (secondary N) is 1. The summed E-state index contributed by atoms with van der Waals surface area (Å²) in [6.07, 6.45) is -2.41.